The zero-order valence-electron chi connectivity index (χ0n) is 9.59. The molecule has 0 atom stereocenters. The van der Waals surface area contributed by atoms with Crippen molar-refractivity contribution in [3.63, 3.8) is 0 Å². The number of aryl methyl sites for hydroxylation is 1. The average Bonchev–Trinajstić information content (AvgIpc) is 2.32. The van der Waals surface area contributed by atoms with Crippen LogP contribution in [-0.2, 0) is 10.0 Å². The maximum absolute atomic E-state index is 12.1. The number of nitrogens with zero attached hydrogens (tertiary/aromatic N) is 1. The molecule has 0 radical (unpaired) electrons. The van der Waals surface area contributed by atoms with Crippen molar-refractivity contribution in [3.05, 3.63) is 52.8 Å². The summed E-state index contributed by atoms with van der Waals surface area (Å²) in [6.07, 6.45) is 1.49. The largest absolute Gasteiger partial charge is 0.278 e. The highest BCUT2D eigenvalue weighted by atomic mass is 79.9. The van der Waals surface area contributed by atoms with E-state index < -0.39 is 10.0 Å². The van der Waals surface area contributed by atoms with Crippen molar-refractivity contribution in [2.24, 2.45) is 0 Å². The zero-order valence-corrected chi connectivity index (χ0v) is 12.0. The normalized spacial score (nSPS) is 11.2. The number of aromatic nitrogens is 1. The van der Waals surface area contributed by atoms with Crippen LogP contribution in [0.5, 0.6) is 0 Å². The first-order valence-electron chi connectivity index (χ1n) is 5.18. The Hall–Kier alpha value is -1.40. The van der Waals surface area contributed by atoms with E-state index in [0.29, 0.717) is 10.2 Å². The van der Waals surface area contributed by atoms with E-state index in [-0.39, 0.29) is 4.90 Å². The van der Waals surface area contributed by atoms with Gasteiger partial charge in [-0.05, 0) is 37.3 Å². The van der Waals surface area contributed by atoms with Crippen LogP contribution < -0.4 is 4.72 Å². The van der Waals surface area contributed by atoms with Crippen LogP contribution in [0, 0.1) is 6.92 Å². The number of sulfonamides is 1. The highest BCUT2D eigenvalue weighted by Gasteiger charge is 2.14. The molecule has 6 heteroatoms. The first kappa shape index (κ1) is 13.0. The number of benzene rings is 1. The topological polar surface area (TPSA) is 59.1 Å². The molecule has 0 aliphatic heterocycles. The molecule has 4 nitrogen and oxygen atoms in total. The SMILES string of the molecule is Cc1ccc(NS(=O)(=O)c2cccc(Br)c2)cn1. The van der Waals surface area contributed by atoms with Gasteiger partial charge in [0.25, 0.3) is 10.0 Å². The molecule has 0 amide bonds. The van der Waals surface area contributed by atoms with Gasteiger partial charge >= 0.3 is 0 Å². The van der Waals surface area contributed by atoms with Gasteiger partial charge in [0.2, 0.25) is 0 Å². The van der Waals surface area contributed by atoms with Crippen molar-refractivity contribution in [3.8, 4) is 0 Å². The molecule has 0 fully saturated rings. The molecule has 0 unspecified atom stereocenters. The van der Waals surface area contributed by atoms with Crippen molar-refractivity contribution in [1.29, 1.82) is 0 Å². The summed E-state index contributed by atoms with van der Waals surface area (Å²) in [6, 6.07) is 9.95. The van der Waals surface area contributed by atoms with E-state index in [2.05, 4.69) is 25.6 Å². The van der Waals surface area contributed by atoms with Gasteiger partial charge in [-0.25, -0.2) is 8.42 Å². The summed E-state index contributed by atoms with van der Waals surface area (Å²) in [5, 5.41) is 0. The van der Waals surface area contributed by atoms with Gasteiger partial charge in [-0.3, -0.25) is 9.71 Å². The van der Waals surface area contributed by atoms with E-state index in [4.69, 9.17) is 0 Å². The summed E-state index contributed by atoms with van der Waals surface area (Å²) in [5.41, 5.74) is 1.28. The van der Waals surface area contributed by atoms with Crippen molar-refractivity contribution < 1.29 is 8.42 Å². The molecule has 94 valence electrons. The molecule has 2 aromatic rings. The first-order chi connectivity index (χ1) is 8.47. The van der Waals surface area contributed by atoms with E-state index in [9.17, 15) is 8.42 Å². The Morgan fingerprint density at radius 1 is 1.22 bits per heavy atom. The Morgan fingerprint density at radius 2 is 2.00 bits per heavy atom. The minimum atomic E-state index is -3.57. The Bertz CT molecular complexity index is 654. The third-order valence-corrected chi connectivity index (χ3v) is 4.14. The van der Waals surface area contributed by atoms with Gasteiger partial charge in [-0.15, -0.1) is 0 Å². The lowest BCUT2D eigenvalue weighted by Crippen LogP contribution is -2.13. The molecule has 0 saturated carbocycles. The summed E-state index contributed by atoms with van der Waals surface area (Å²) in [6.45, 7) is 1.84. The second-order valence-electron chi connectivity index (χ2n) is 3.75. The van der Waals surface area contributed by atoms with Crippen molar-refractivity contribution in [1.82, 2.24) is 4.98 Å². The molecule has 1 aromatic carbocycles. The molecular weight excluding hydrogens is 316 g/mol. The fourth-order valence-electron chi connectivity index (χ4n) is 1.38. The Labute approximate surface area is 114 Å². The van der Waals surface area contributed by atoms with E-state index in [0.717, 1.165) is 5.69 Å². The second kappa shape index (κ2) is 5.07. The maximum atomic E-state index is 12.1. The van der Waals surface area contributed by atoms with Gasteiger partial charge in [0.1, 0.15) is 0 Å². The number of halogens is 1. The zero-order chi connectivity index (χ0) is 13.2. The fourth-order valence-corrected chi connectivity index (χ4v) is 3.02. The van der Waals surface area contributed by atoms with Crippen LogP contribution in [0.25, 0.3) is 0 Å². The monoisotopic (exact) mass is 326 g/mol. The third kappa shape index (κ3) is 3.08. The van der Waals surface area contributed by atoms with E-state index in [1.165, 1.54) is 12.3 Å². The molecule has 0 spiro atoms. The van der Waals surface area contributed by atoms with Gasteiger partial charge in [0.15, 0.2) is 0 Å². The summed E-state index contributed by atoms with van der Waals surface area (Å²) in [4.78, 5) is 4.24. The van der Waals surface area contributed by atoms with E-state index >= 15 is 0 Å². The number of rotatable bonds is 3. The lowest BCUT2D eigenvalue weighted by atomic mass is 10.4. The fraction of sp³-hybridized carbons (Fsp3) is 0.0833. The number of anilines is 1. The maximum Gasteiger partial charge on any atom is 0.261 e. The van der Waals surface area contributed by atoms with Crippen LogP contribution in [0.2, 0.25) is 0 Å². The van der Waals surface area contributed by atoms with Crippen LogP contribution in [0.1, 0.15) is 5.69 Å². The van der Waals surface area contributed by atoms with E-state index in [1.807, 2.05) is 6.92 Å². The molecule has 0 aliphatic rings. The third-order valence-electron chi connectivity index (χ3n) is 2.27. The highest BCUT2D eigenvalue weighted by Crippen LogP contribution is 2.19. The Kier molecular flexibility index (Phi) is 3.68. The molecule has 1 heterocycles. The summed E-state index contributed by atoms with van der Waals surface area (Å²) in [5.74, 6) is 0. The minimum absolute atomic E-state index is 0.206. The molecule has 0 aliphatic carbocycles. The van der Waals surface area contributed by atoms with Crippen molar-refractivity contribution in [2.45, 2.75) is 11.8 Å². The molecule has 1 aromatic heterocycles. The van der Waals surface area contributed by atoms with Gasteiger partial charge < -0.3 is 0 Å². The number of nitrogens with one attached hydrogen (secondary N) is 1. The molecule has 18 heavy (non-hydrogen) atoms. The van der Waals surface area contributed by atoms with Crippen LogP contribution >= 0.6 is 15.9 Å². The van der Waals surface area contributed by atoms with Gasteiger partial charge in [0.05, 0.1) is 16.8 Å². The summed E-state index contributed by atoms with van der Waals surface area (Å²) < 4.78 is 27.4. The predicted molar refractivity (Wildman–Crippen MR) is 73.9 cm³/mol. The standard InChI is InChI=1S/C12H11BrN2O2S/c1-9-5-6-11(8-14-9)15-18(16,17)12-4-2-3-10(13)7-12/h2-8,15H,1H3. The molecule has 0 bridgehead atoms. The van der Waals surface area contributed by atoms with Crippen LogP contribution in [-0.4, -0.2) is 13.4 Å². The predicted octanol–water partition coefficient (Wildman–Crippen LogP) is 2.95. The lowest BCUT2D eigenvalue weighted by molar-refractivity contribution is 0.601. The molecule has 2 rings (SSSR count). The average molecular weight is 327 g/mol. The van der Waals surface area contributed by atoms with Gasteiger partial charge in [-0.1, -0.05) is 22.0 Å². The van der Waals surface area contributed by atoms with Crippen LogP contribution in [0.15, 0.2) is 52.0 Å². The number of hydrogen-bond acceptors (Lipinski definition) is 3. The minimum Gasteiger partial charge on any atom is -0.278 e. The van der Waals surface area contributed by atoms with Crippen molar-refractivity contribution in [2.75, 3.05) is 4.72 Å². The second-order valence-corrected chi connectivity index (χ2v) is 6.35. The molecule has 0 saturated heterocycles. The first-order valence-corrected chi connectivity index (χ1v) is 7.46. The van der Waals surface area contributed by atoms with E-state index in [1.54, 1.807) is 30.3 Å². The summed E-state index contributed by atoms with van der Waals surface area (Å²) in [7, 11) is -3.57. The highest BCUT2D eigenvalue weighted by molar-refractivity contribution is 9.10. The van der Waals surface area contributed by atoms with Crippen LogP contribution in [0.3, 0.4) is 0 Å². The quantitative estimate of drug-likeness (QED) is 0.943. The number of pyridine rings is 1. The van der Waals surface area contributed by atoms with Crippen molar-refractivity contribution >= 4 is 31.6 Å². The Morgan fingerprint density at radius 3 is 2.61 bits per heavy atom. The Balaban J connectivity index is 2.30. The lowest BCUT2D eigenvalue weighted by Gasteiger charge is -2.08. The van der Waals surface area contributed by atoms with Gasteiger partial charge in [-0.2, -0.15) is 0 Å². The summed E-state index contributed by atoms with van der Waals surface area (Å²) >= 11 is 3.25. The molecular formula is C12H11BrN2O2S. The van der Waals surface area contributed by atoms with Crippen LogP contribution in [0.4, 0.5) is 5.69 Å². The van der Waals surface area contributed by atoms with Gasteiger partial charge in [0, 0.05) is 10.2 Å². The molecule has 1 N–H and O–H groups in total. The number of hydrogen-bond donors (Lipinski definition) is 1. The smallest absolute Gasteiger partial charge is 0.261 e.